The van der Waals surface area contributed by atoms with Gasteiger partial charge in [-0.3, -0.25) is 9.78 Å². The third-order valence-corrected chi connectivity index (χ3v) is 7.25. The predicted octanol–water partition coefficient (Wildman–Crippen LogP) is 4.77. The van der Waals surface area contributed by atoms with Gasteiger partial charge in [0.1, 0.15) is 12.4 Å². The molecule has 1 aliphatic heterocycles. The minimum Gasteiger partial charge on any atom is -0.495 e. The first-order chi connectivity index (χ1) is 17.6. The summed E-state index contributed by atoms with van der Waals surface area (Å²) in [7, 11) is 3.07. The fourth-order valence-electron chi connectivity index (χ4n) is 5.27. The Morgan fingerprint density at radius 1 is 1.19 bits per heavy atom. The zero-order valence-corrected chi connectivity index (χ0v) is 21.3. The van der Waals surface area contributed by atoms with Crippen LogP contribution in [0, 0.1) is 0 Å². The molecular formula is C27H31N5O3S. The fraction of sp³-hybridized carbons (Fsp3) is 0.370. The van der Waals surface area contributed by atoms with Crippen molar-refractivity contribution >= 4 is 34.6 Å². The number of anilines is 2. The molecule has 1 saturated heterocycles. The number of aromatic nitrogens is 2. The number of ether oxygens (including phenoxy) is 2. The van der Waals surface area contributed by atoms with Crippen molar-refractivity contribution < 1.29 is 14.3 Å². The summed E-state index contributed by atoms with van der Waals surface area (Å²) in [6.07, 6.45) is 11.2. The first-order valence-electron chi connectivity index (χ1n) is 12.2. The van der Waals surface area contributed by atoms with Gasteiger partial charge in [0, 0.05) is 37.4 Å². The second-order valence-electron chi connectivity index (χ2n) is 9.19. The molecule has 0 unspecified atom stereocenters. The molecule has 2 fully saturated rings. The molecule has 5 rings (SSSR count). The van der Waals surface area contributed by atoms with E-state index in [0.717, 1.165) is 16.9 Å². The second kappa shape index (κ2) is 10.7. The van der Waals surface area contributed by atoms with E-state index in [2.05, 4.69) is 43.5 Å². The smallest absolute Gasteiger partial charge is 0.250 e. The number of rotatable bonds is 8. The molecular weight excluding hydrogens is 474 g/mol. The number of hydrogen-bond acceptors (Lipinski definition) is 5. The molecule has 9 heteroatoms. The van der Waals surface area contributed by atoms with Crippen molar-refractivity contribution in [3.8, 4) is 5.75 Å². The number of thiocarbonyl (C=S) groups is 1. The summed E-state index contributed by atoms with van der Waals surface area (Å²) < 4.78 is 12.8. The maximum Gasteiger partial charge on any atom is 0.250 e. The van der Waals surface area contributed by atoms with Gasteiger partial charge in [0.2, 0.25) is 5.91 Å². The van der Waals surface area contributed by atoms with Gasteiger partial charge < -0.3 is 29.6 Å². The highest BCUT2D eigenvalue weighted by Gasteiger charge is 2.41. The zero-order valence-electron chi connectivity index (χ0n) is 20.5. The van der Waals surface area contributed by atoms with E-state index >= 15 is 0 Å². The molecule has 2 aliphatic rings. The molecule has 0 spiro atoms. The van der Waals surface area contributed by atoms with Gasteiger partial charge in [-0.1, -0.05) is 18.9 Å². The molecule has 2 N–H and O–H groups in total. The van der Waals surface area contributed by atoms with Gasteiger partial charge in [0.15, 0.2) is 5.11 Å². The van der Waals surface area contributed by atoms with E-state index in [9.17, 15) is 4.79 Å². The first kappa shape index (κ1) is 24.3. The zero-order chi connectivity index (χ0) is 25.1. The molecule has 2 aromatic heterocycles. The van der Waals surface area contributed by atoms with Crippen molar-refractivity contribution in [1.29, 1.82) is 0 Å². The number of benzene rings is 1. The van der Waals surface area contributed by atoms with Gasteiger partial charge in [-0.2, -0.15) is 0 Å². The molecule has 8 nitrogen and oxygen atoms in total. The Bertz CT molecular complexity index is 1230. The summed E-state index contributed by atoms with van der Waals surface area (Å²) in [6, 6.07) is 14.1. The molecule has 1 aliphatic carbocycles. The number of nitrogens with one attached hydrogen (secondary N) is 2. The van der Waals surface area contributed by atoms with Gasteiger partial charge in [-0.15, -0.1) is 0 Å². The summed E-state index contributed by atoms with van der Waals surface area (Å²) in [5.74, 6) is 0.304. The predicted molar refractivity (Wildman–Crippen MR) is 143 cm³/mol. The van der Waals surface area contributed by atoms with Crippen molar-refractivity contribution in [2.24, 2.45) is 0 Å². The van der Waals surface area contributed by atoms with Crippen molar-refractivity contribution in [2.45, 2.75) is 43.8 Å². The van der Waals surface area contributed by atoms with Crippen LogP contribution < -0.4 is 20.3 Å². The molecule has 1 saturated carbocycles. The summed E-state index contributed by atoms with van der Waals surface area (Å²) in [5, 5.41) is 6.99. The third-order valence-electron chi connectivity index (χ3n) is 6.93. The number of carbonyl (C=O) groups is 1. The first-order valence-corrected chi connectivity index (χ1v) is 12.6. The Balaban J connectivity index is 1.55. The lowest BCUT2D eigenvalue weighted by Gasteiger charge is -2.28. The van der Waals surface area contributed by atoms with E-state index < -0.39 is 0 Å². The Morgan fingerprint density at radius 3 is 2.75 bits per heavy atom. The van der Waals surface area contributed by atoms with E-state index in [1.165, 1.54) is 32.8 Å². The molecule has 36 heavy (non-hydrogen) atoms. The molecule has 1 amide bonds. The van der Waals surface area contributed by atoms with Gasteiger partial charge in [-0.25, -0.2) is 0 Å². The van der Waals surface area contributed by atoms with Crippen LogP contribution in [0.15, 0.2) is 61.1 Å². The number of hydrogen-bond donors (Lipinski definition) is 2. The summed E-state index contributed by atoms with van der Waals surface area (Å²) in [4.78, 5) is 19.0. The monoisotopic (exact) mass is 505 g/mol. The normalized spacial score (nSPS) is 19.9. The van der Waals surface area contributed by atoms with E-state index in [4.69, 9.17) is 21.7 Å². The number of nitrogens with zero attached hydrogens (tertiary/aromatic N) is 3. The van der Waals surface area contributed by atoms with Crippen molar-refractivity contribution in [3.63, 3.8) is 0 Å². The Hall–Kier alpha value is -3.43. The summed E-state index contributed by atoms with van der Waals surface area (Å²) >= 11 is 5.87. The SMILES string of the molecule is COCC(=O)Nc1cc(N2C(=S)N[C@@H](c3ccccn3)[C@@H]2c2ccn(C3CCCC3)c2)ccc1OC. The summed E-state index contributed by atoms with van der Waals surface area (Å²) in [5.41, 5.74) is 3.48. The van der Waals surface area contributed by atoms with E-state index in [1.807, 2.05) is 36.4 Å². The Labute approximate surface area is 216 Å². The van der Waals surface area contributed by atoms with Crippen LogP contribution in [0.25, 0.3) is 0 Å². The lowest BCUT2D eigenvalue weighted by Crippen LogP contribution is -2.29. The van der Waals surface area contributed by atoms with E-state index in [-0.39, 0.29) is 24.6 Å². The Morgan fingerprint density at radius 2 is 2.03 bits per heavy atom. The van der Waals surface area contributed by atoms with Gasteiger partial charge in [-0.05, 0) is 67.0 Å². The number of carbonyl (C=O) groups excluding carboxylic acids is 1. The minimum atomic E-state index is -0.258. The minimum absolute atomic E-state index is 0.0455. The molecule has 0 bridgehead atoms. The van der Waals surface area contributed by atoms with Gasteiger partial charge in [0.25, 0.3) is 0 Å². The highest BCUT2D eigenvalue weighted by molar-refractivity contribution is 7.80. The molecule has 0 radical (unpaired) electrons. The molecule has 3 aromatic rings. The highest BCUT2D eigenvalue weighted by atomic mass is 32.1. The van der Waals surface area contributed by atoms with E-state index in [1.54, 1.807) is 13.3 Å². The average Bonchev–Trinajstić information content (AvgIpc) is 3.64. The van der Waals surface area contributed by atoms with Crippen LogP contribution in [0.4, 0.5) is 11.4 Å². The van der Waals surface area contributed by atoms with Crippen LogP contribution >= 0.6 is 12.2 Å². The topological polar surface area (TPSA) is 80.7 Å². The molecule has 1 aromatic carbocycles. The van der Waals surface area contributed by atoms with Gasteiger partial charge >= 0.3 is 0 Å². The standard InChI is InChI=1S/C27H31N5O3S/c1-34-17-24(33)29-22-15-20(10-11-23(22)35-2)32-26(18-12-14-31(16-18)19-7-3-4-8-19)25(30-27(32)36)21-9-5-6-13-28-21/h5-6,9-16,19,25-26H,3-4,7-8,17H2,1-2H3,(H,29,33)(H,30,36)/t25-,26-/m0/s1. The lowest BCUT2D eigenvalue weighted by atomic mass is 9.98. The van der Waals surface area contributed by atoms with Crippen LogP contribution in [-0.4, -0.2) is 41.4 Å². The maximum absolute atomic E-state index is 12.3. The third kappa shape index (κ3) is 4.81. The Kier molecular flexibility index (Phi) is 7.20. The van der Waals surface area contributed by atoms with Crippen LogP contribution in [-0.2, 0) is 9.53 Å². The molecule has 2 atom stereocenters. The summed E-state index contributed by atoms with van der Waals surface area (Å²) in [6.45, 7) is -0.0455. The average molecular weight is 506 g/mol. The van der Waals surface area contributed by atoms with Crippen molar-refractivity contribution in [3.05, 3.63) is 72.3 Å². The van der Waals surface area contributed by atoms with Crippen LogP contribution in [0.1, 0.15) is 55.1 Å². The largest absolute Gasteiger partial charge is 0.495 e. The highest BCUT2D eigenvalue weighted by Crippen LogP contribution is 2.44. The van der Waals surface area contributed by atoms with Crippen LogP contribution in [0.3, 0.4) is 0 Å². The quantitative estimate of drug-likeness (QED) is 0.427. The van der Waals surface area contributed by atoms with Gasteiger partial charge in [0.05, 0.1) is 30.6 Å². The molecule has 3 heterocycles. The lowest BCUT2D eigenvalue weighted by molar-refractivity contribution is -0.119. The van der Waals surface area contributed by atoms with Crippen LogP contribution in [0.2, 0.25) is 0 Å². The number of amides is 1. The van der Waals surface area contributed by atoms with E-state index in [0.29, 0.717) is 22.6 Å². The van der Waals surface area contributed by atoms with Crippen molar-refractivity contribution in [2.75, 3.05) is 31.0 Å². The maximum atomic E-state index is 12.3. The number of methoxy groups -OCH3 is 2. The fourth-order valence-corrected chi connectivity index (χ4v) is 5.61. The van der Waals surface area contributed by atoms with Crippen LogP contribution in [0.5, 0.6) is 5.75 Å². The van der Waals surface area contributed by atoms with Crippen molar-refractivity contribution in [1.82, 2.24) is 14.9 Å². The second-order valence-corrected chi connectivity index (χ2v) is 9.58. The number of pyridine rings is 1. The molecule has 188 valence electrons.